The maximum atomic E-state index is 13.6. The second-order valence-corrected chi connectivity index (χ2v) is 7.11. The predicted octanol–water partition coefficient (Wildman–Crippen LogP) is 5.63. The van der Waals surface area contributed by atoms with E-state index < -0.39 is 17.8 Å². The first-order chi connectivity index (χ1) is 14.4. The van der Waals surface area contributed by atoms with Crippen molar-refractivity contribution < 1.29 is 22.0 Å². The molecule has 0 aliphatic rings. The fourth-order valence-electron chi connectivity index (χ4n) is 2.62. The van der Waals surface area contributed by atoms with Crippen LogP contribution in [0.4, 0.5) is 39.4 Å². The van der Waals surface area contributed by atoms with Gasteiger partial charge in [-0.15, -0.1) is 0 Å². The summed E-state index contributed by atoms with van der Waals surface area (Å²) < 4.78 is 66.3. The molecule has 3 aromatic rings. The Balaban J connectivity index is 2.02. The Hall–Kier alpha value is -3.37. The van der Waals surface area contributed by atoms with E-state index in [9.17, 15) is 22.0 Å². The number of hydrogen-bond donors (Lipinski definition) is 2. The average molecular weight is 438 g/mol. The van der Waals surface area contributed by atoms with Crippen molar-refractivity contribution in [2.24, 2.45) is 0 Å². The second kappa shape index (κ2) is 8.40. The van der Waals surface area contributed by atoms with Crippen molar-refractivity contribution in [3.63, 3.8) is 0 Å². The van der Waals surface area contributed by atoms with Gasteiger partial charge in [-0.25, -0.2) is 28.7 Å². The highest BCUT2D eigenvalue weighted by molar-refractivity contribution is 5.62. The van der Waals surface area contributed by atoms with Crippen molar-refractivity contribution in [2.45, 2.75) is 38.9 Å². The van der Waals surface area contributed by atoms with Crippen molar-refractivity contribution in [3.05, 3.63) is 53.9 Å². The molecule has 11 heteroatoms. The van der Waals surface area contributed by atoms with Crippen LogP contribution >= 0.6 is 0 Å². The van der Waals surface area contributed by atoms with E-state index in [-0.39, 0.29) is 34.8 Å². The lowest BCUT2D eigenvalue weighted by atomic mass is 10.1. The van der Waals surface area contributed by atoms with Crippen molar-refractivity contribution in [2.75, 3.05) is 10.6 Å². The molecule has 6 nitrogen and oxygen atoms in total. The Labute approximate surface area is 175 Å². The van der Waals surface area contributed by atoms with Gasteiger partial charge < -0.3 is 10.6 Å². The van der Waals surface area contributed by atoms with Gasteiger partial charge in [0.15, 0.2) is 5.82 Å². The number of aromatic nitrogens is 4. The van der Waals surface area contributed by atoms with E-state index in [1.807, 2.05) is 13.8 Å². The Morgan fingerprint density at radius 3 is 2.23 bits per heavy atom. The summed E-state index contributed by atoms with van der Waals surface area (Å²) in [6, 6.07) is 7.22. The van der Waals surface area contributed by atoms with Crippen LogP contribution in [0.5, 0.6) is 0 Å². The number of halogens is 5. The van der Waals surface area contributed by atoms with Crippen LogP contribution in [-0.2, 0) is 12.1 Å². The minimum absolute atomic E-state index is 0.0368. The first kappa shape index (κ1) is 22.3. The Kier molecular flexibility index (Phi) is 6.05. The minimum Gasteiger partial charge on any atom is -0.368 e. The van der Waals surface area contributed by atoms with Gasteiger partial charge in [-0.2, -0.15) is 13.2 Å². The van der Waals surface area contributed by atoms with Gasteiger partial charge in [-0.3, -0.25) is 0 Å². The molecule has 0 saturated carbocycles. The fourth-order valence-corrected chi connectivity index (χ4v) is 2.62. The summed E-state index contributed by atoms with van der Waals surface area (Å²) in [6.45, 7) is 4.47. The van der Waals surface area contributed by atoms with Crippen LogP contribution in [-0.4, -0.2) is 26.0 Å². The first-order valence-corrected chi connectivity index (χ1v) is 9.23. The van der Waals surface area contributed by atoms with Gasteiger partial charge in [-0.05, 0) is 38.1 Å². The van der Waals surface area contributed by atoms with Crippen LogP contribution in [0.2, 0.25) is 0 Å². The number of rotatable bonds is 6. The molecule has 3 aromatic heterocycles. The molecule has 0 bridgehead atoms. The third-order valence-electron chi connectivity index (χ3n) is 3.95. The van der Waals surface area contributed by atoms with E-state index in [1.165, 1.54) is 36.5 Å². The van der Waals surface area contributed by atoms with Crippen LogP contribution in [0.3, 0.4) is 0 Å². The van der Waals surface area contributed by atoms with Gasteiger partial charge in [0.05, 0.1) is 0 Å². The number of nitrogens with one attached hydrogen (secondary N) is 2. The fraction of sp³-hybridized carbons (Fsp3) is 0.300. The van der Waals surface area contributed by atoms with Crippen molar-refractivity contribution in [1.82, 2.24) is 19.9 Å². The summed E-state index contributed by atoms with van der Waals surface area (Å²) in [5.74, 6) is -2.58. The van der Waals surface area contributed by atoms with E-state index in [1.54, 1.807) is 0 Å². The lowest BCUT2D eigenvalue weighted by molar-refractivity contribution is -0.141. The molecule has 0 fully saturated rings. The molecule has 0 spiro atoms. The Morgan fingerprint density at radius 1 is 0.871 bits per heavy atom. The molecule has 164 valence electrons. The molecule has 0 aromatic carbocycles. The number of anilines is 3. The summed E-state index contributed by atoms with van der Waals surface area (Å²) in [7, 11) is 0. The van der Waals surface area contributed by atoms with Crippen molar-refractivity contribution in [3.8, 4) is 11.5 Å². The molecular weight excluding hydrogens is 419 g/mol. The molecular formula is C20H19F5N6. The van der Waals surface area contributed by atoms with E-state index in [0.29, 0.717) is 5.82 Å². The zero-order valence-corrected chi connectivity index (χ0v) is 16.8. The van der Waals surface area contributed by atoms with Gasteiger partial charge in [0.2, 0.25) is 0 Å². The van der Waals surface area contributed by atoms with Crippen molar-refractivity contribution >= 4 is 17.5 Å². The highest BCUT2D eigenvalue weighted by atomic mass is 19.4. The molecule has 0 aliphatic heterocycles. The summed E-state index contributed by atoms with van der Waals surface area (Å²) in [6.07, 6.45) is -3.40. The molecule has 3 rings (SSSR count). The lowest BCUT2D eigenvalue weighted by Crippen LogP contribution is -2.13. The first-order valence-electron chi connectivity index (χ1n) is 9.23. The monoisotopic (exact) mass is 438 g/mol. The summed E-state index contributed by atoms with van der Waals surface area (Å²) in [5, 5.41) is 5.84. The van der Waals surface area contributed by atoms with Crippen LogP contribution in [0.15, 0.2) is 42.6 Å². The molecule has 0 amide bonds. The maximum Gasteiger partial charge on any atom is 0.433 e. The third kappa shape index (κ3) is 5.83. The van der Waals surface area contributed by atoms with Crippen molar-refractivity contribution in [1.29, 1.82) is 0 Å². The largest absolute Gasteiger partial charge is 0.433 e. The van der Waals surface area contributed by atoms with Crippen LogP contribution in [0, 0.1) is 0 Å². The van der Waals surface area contributed by atoms with Crippen LogP contribution in [0.25, 0.3) is 11.5 Å². The van der Waals surface area contributed by atoms with E-state index >= 15 is 0 Å². The zero-order chi connectivity index (χ0) is 22.8. The normalized spacial score (nSPS) is 12.2. The Bertz CT molecular complexity index is 1060. The van der Waals surface area contributed by atoms with E-state index in [0.717, 1.165) is 13.0 Å². The molecule has 0 unspecified atom stereocenters. The number of nitrogens with zero attached hydrogens (tertiary/aromatic N) is 4. The van der Waals surface area contributed by atoms with Gasteiger partial charge in [0, 0.05) is 30.8 Å². The minimum atomic E-state index is -4.62. The van der Waals surface area contributed by atoms with Gasteiger partial charge in [-0.1, -0.05) is 6.07 Å². The summed E-state index contributed by atoms with van der Waals surface area (Å²) in [4.78, 5) is 16.0. The molecule has 0 atom stereocenters. The maximum absolute atomic E-state index is 13.6. The Morgan fingerprint density at radius 2 is 1.58 bits per heavy atom. The SMILES string of the molecule is CC(C)Nc1cc(Nc2cc(C(C)(F)F)ccn2)nc(-c2cccc(C(F)(F)F)n2)n1. The molecule has 31 heavy (non-hydrogen) atoms. The summed E-state index contributed by atoms with van der Waals surface area (Å²) >= 11 is 0. The van der Waals surface area contributed by atoms with Gasteiger partial charge in [0.1, 0.15) is 28.8 Å². The zero-order valence-electron chi connectivity index (χ0n) is 16.8. The quantitative estimate of drug-likeness (QED) is 0.486. The topological polar surface area (TPSA) is 75.6 Å². The number of pyridine rings is 2. The highest BCUT2D eigenvalue weighted by Crippen LogP contribution is 2.31. The predicted molar refractivity (Wildman–Crippen MR) is 106 cm³/mol. The highest BCUT2D eigenvalue weighted by Gasteiger charge is 2.32. The van der Waals surface area contributed by atoms with Gasteiger partial charge in [0.25, 0.3) is 5.92 Å². The molecule has 3 heterocycles. The third-order valence-corrected chi connectivity index (χ3v) is 3.95. The molecule has 0 aliphatic carbocycles. The second-order valence-electron chi connectivity index (χ2n) is 7.11. The molecule has 0 radical (unpaired) electrons. The standard InChI is InChI=1S/C20H19F5N6/c1-11(2)27-16-10-17(29-15-9-12(7-8-26-15)19(3,21)22)31-18(30-16)13-5-4-6-14(28-13)20(23,24)25/h4-11H,1-3H3,(H2,26,27,29,30,31). The average Bonchev–Trinajstić information content (AvgIpc) is 2.66. The molecule has 0 saturated heterocycles. The van der Waals surface area contributed by atoms with Crippen LogP contribution < -0.4 is 10.6 Å². The number of alkyl halides is 5. The lowest BCUT2D eigenvalue weighted by Gasteiger charge is -2.15. The summed E-state index contributed by atoms with van der Waals surface area (Å²) in [5.41, 5.74) is -1.42. The van der Waals surface area contributed by atoms with E-state index in [2.05, 4.69) is 30.6 Å². The van der Waals surface area contributed by atoms with E-state index in [4.69, 9.17) is 0 Å². The van der Waals surface area contributed by atoms with Crippen LogP contribution in [0.1, 0.15) is 32.0 Å². The smallest absolute Gasteiger partial charge is 0.368 e. The number of hydrogen-bond acceptors (Lipinski definition) is 6. The van der Waals surface area contributed by atoms with Gasteiger partial charge >= 0.3 is 6.18 Å². The molecule has 2 N–H and O–H groups in total.